The normalized spacial score (nSPS) is 17.2. The third kappa shape index (κ3) is 6.75. The highest BCUT2D eigenvalue weighted by Crippen LogP contribution is 2.53. The van der Waals surface area contributed by atoms with E-state index >= 15 is 0 Å². The van der Waals surface area contributed by atoms with E-state index in [-0.39, 0.29) is 5.41 Å². The summed E-state index contributed by atoms with van der Waals surface area (Å²) in [6, 6.07) is 58.0. The molecule has 0 amide bonds. The average Bonchev–Trinajstić information content (AvgIpc) is 3.34. The second-order valence-electron chi connectivity index (χ2n) is 18.0. The fourth-order valence-electron chi connectivity index (χ4n) is 11.7. The van der Waals surface area contributed by atoms with Crippen LogP contribution in [-0.4, -0.2) is 0 Å². The Labute approximate surface area is 369 Å². The minimum absolute atomic E-state index is 0.0592. The Morgan fingerprint density at radius 2 is 0.919 bits per heavy atom. The van der Waals surface area contributed by atoms with E-state index in [0.717, 1.165) is 12.8 Å². The molecular weight excluding hydrogens is 745 g/mol. The smallest absolute Gasteiger partial charge is 0.0205 e. The molecule has 0 radical (unpaired) electrons. The minimum Gasteiger partial charge on any atom is -0.0764 e. The van der Waals surface area contributed by atoms with Gasteiger partial charge in [-0.25, -0.2) is 0 Å². The molecule has 0 bridgehead atoms. The van der Waals surface area contributed by atoms with Crippen LogP contribution >= 0.6 is 0 Å². The molecule has 2 unspecified atom stereocenters. The fraction of sp³-hybridized carbons (Fsp3) is 0.258. The van der Waals surface area contributed by atoms with Crippen molar-refractivity contribution in [1.29, 1.82) is 0 Å². The highest BCUT2D eigenvalue weighted by atomic mass is 14.5. The molecule has 2 aliphatic carbocycles. The van der Waals surface area contributed by atoms with Crippen LogP contribution in [0.1, 0.15) is 108 Å². The first-order valence-corrected chi connectivity index (χ1v) is 23.9. The van der Waals surface area contributed by atoms with Gasteiger partial charge in [0.2, 0.25) is 0 Å². The number of unbranched alkanes of at least 4 members (excludes halogenated alkanes) is 4. The third-order valence-corrected chi connectivity index (χ3v) is 14.6. The van der Waals surface area contributed by atoms with Gasteiger partial charge < -0.3 is 0 Å². The van der Waals surface area contributed by atoms with E-state index in [0.29, 0.717) is 5.92 Å². The third-order valence-electron chi connectivity index (χ3n) is 14.6. The molecule has 0 aliphatic heterocycles. The van der Waals surface area contributed by atoms with E-state index in [1.807, 2.05) is 13.8 Å². The SMILES string of the molecule is CC.CCCCCCC1(CCCC)C2=C(Cc3cc(-c4ccc5c6ccccc6c6ccccc6c5c4)ccc31)CC(c1ccc3c4ccccc4c4ccccc4c3c1)C=C2. The Morgan fingerprint density at radius 3 is 1.48 bits per heavy atom. The van der Waals surface area contributed by atoms with Crippen molar-refractivity contribution in [2.24, 2.45) is 0 Å². The van der Waals surface area contributed by atoms with Gasteiger partial charge in [-0.05, 0) is 136 Å². The van der Waals surface area contributed by atoms with Gasteiger partial charge in [-0.2, -0.15) is 0 Å². The van der Waals surface area contributed by atoms with Crippen LogP contribution in [0.15, 0.2) is 175 Å². The Hall–Kier alpha value is -5.98. The number of hydrogen-bond donors (Lipinski definition) is 0. The Morgan fingerprint density at radius 1 is 0.452 bits per heavy atom. The molecule has 2 aliphatic rings. The highest BCUT2D eigenvalue weighted by molar-refractivity contribution is 6.26. The van der Waals surface area contributed by atoms with Crippen LogP contribution in [0.3, 0.4) is 0 Å². The van der Waals surface area contributed by atoms with Crippen LogP contribution in [0, 0.1) is 0 Å². The van der Waals surface area contributed by atoms with Gasteiger partial charge >= 0.3 is 0 Å². The first-order chi connectivity index (χ1) is 30.6. The van der Waals surface area contributed by atoms with E-state index < -0.39 is 0 Å². The molecule has 9 aromatic carbocycles. The van der Waals surface area contributed by atoms with Crippen LogP contribution in [0.25, 0.3) is 75.8 Å². The van der Waals surface area contributed by atoms with Crippen molar-refractivity contribution < 1.29 is 0 Å². The van der Waals surface area contributed by atoms with Crippen LogP contribution in [0.4, 0.5) is 0 Å². The molecule has 11 rings (SSSR count). The largest absolute Gasteiger partial charge is 0.0764 e. The summed E-state index contributed by atoms with van der Waals surface area (Å²) in [5.41, 5.74) is 10.6. The predicted octanol–water partition coefficient (Wildman–Crippen LogP) is 18.3. The van der Waals surface area contributed by atoms with Crippen molar-refractivity contribution in [1.82, 2.24) is 0 Å². The van der Waals surface area contributed by atoms with Crippen LogP contribution in [0.2, 0.25) is 0 Å². The highest BCUT2D eigenvalue weighted by Gasteiger charge is 2.42. The lowest BCUT2D eigenvalue weighted by Crippen LogP contribution is -2.35. The number of benzene rings is 9. The van der Waals surface area contributed by atoms with Gasteiger partial charge in [-0.1, -0.05) is 223 Å². The lowest BCUT2D eigenvalue weighted by molar-refractivity contribution is 0.383. The second-order valence-corrected chi connectivity index (χ2v) is 18.0. The first kappa shape index (κ1) is 40.1. The number of rotatable bonds is 10. The minimum atomic E-state index is 0.0592. The zero-order chi connectivity index (χ0) is 42.2. The monoisotopic (exact) mass is 804 g/mol. The fourth-order valence-corrected chi connectivity index (χ4v) is 11.7. The standard InChI is InChI=1S/C60H54.C2H6/c1-3-5-7-16-34-60(33-6-4-2)58-31-27-40(42-25-29-54-50-21-10-8-17-46(50)48-19-12-14-23-52(48)56(54)38-42)35-44(58)37-45-36-41(28-32-59(45)60)43-26-30-55-51-22-11-9-18-47(51)49-20-13-15-24-53(49)57(55)39-43;1-2/h8-15,17-32,35,38-39,41H,3-7,16,33-34,36-37H2,1-2H3;1-2H3. The van der Waals surface area contributed by atoms with Gasteiger partial charge in [0.25, 0.3) is 0 Å². The zero-order valence-electron chi connectivity index (χ0n) is 37.2. The van der Waals surface area contributed by atoms with Crippen LogP contribution in [-0.2, 0) is 11.8 Å². The zero-order valence-corrected chi connectivity index (χ0v) is 37.2. The quantitative estimate of drug-likeness (QED) is 0.0954. The lowest BCUT2D eigenvalue weighted by atomic mass is 9.59. The van der Waals surface area contributed by atoms with Gasteiger partial charge in [-0.15, -0.1) is 0 Å². The van der Waals surface area contributed by atoms with E-state index in [4.69, 9.17) is 0 Å². The maximum absolute atomic E-state index is 2.61. The summed E-state index contributed by atoms with van der Waals surface area (Å²) in [7, 11) is 0. The maximum Gasteiger partial charge on any atom is 0.0205 e. The van der Waals surface area contributed by atoms with Crippen molar-refractivity contribution in [2.45, 2.75) is 103 Å². The van der Waals surface area contributed by atoms with E-state index in [1.54, 1.807) is 22.3 Å². The van der Waals surface area contributed by atoms with Gasteiger partial charge in [0.1, 0.15) is 0 Å². The molecule has 0 spiro atoms. The van der Waals surface area contributed by atoms with Crippen molar-refractivity contribution in [3.63, 3.8) is 0 Å². The summed E-state index contributed by atoms with van der Waals surface area (Å²) in [5, 5.41) is 16.1. The van der Waals surface area contributed by atoms with Crippen LogP contribution < -0.4 is 0 Å². The number of allylic oxidation sites excluding steroid dienone is 4. The molecule has 0 saturated heterocycles. The average molecular weight is 805 g/mol. The van der Waals surface area contributed by atoms with Gasteiger partial charge in [-0.3, -0.25) is 0 Å². The Kier molecular flexibility index (Phi) is 11.0. The van der Waals surface area contributed by atoms with E-state index in [2.05, 4.69) is 178 Å². The topological polar surface area (TPSA) is 0 Å². The van der Waals surface area contributed by atoms with E-state index in [1.165, 1.54) is 133 Å². The van der Waals surface area contributed by atoms with Gasteiger partial charge in [0, 0.05) is 11.3 Å². The van der Waals surface area contributed by atoms with Gasteiger partial charge in [0.15, 0.2) is 0 Å². The molecule has 62 heavy (non-hydrogen) atoms. The molecule has 0 saturated carbocycles. The summed E-state index contributed by atoms with van der Waals surface area (Å²) < 4.78 is 0. The maximum atomic E-state index is 2.61. The molecule has 308 valence electrons. The lowest BCUT2D eigenvalue weighted by Gasteiger charge is -2.45. The second kappa shape index (κ2) is 17.1. The molecule has 2 atom stereocenters. The number of hydrogen-bond acceptors (Lipinski definition) is 0. The summed E-state index contributed by atoms with van der Waals surface area (Å²) in [6.45, 7) is 8.71. The summed E-state index contributed by atoms with van der Waals surface area (Å²) in [5.74, 6) is 0.357. The molecule has 0 heteroatoms. The van der Waals surface area contributed by atoms with Gasteiger partial charge in [0.05, 0.1) is 0 Å². The predicted molar refractivity (Wildman–Crippen MR) is 272 cm³/mol. The van der Waals surface area contributed by atoms with Crippen molar-refractivity contribution >= 4 is 64.6 Å². The Bertz CT molecular complexity index is 3120. The first-order valence-electron chi connectivity index (χ1n) is 23.9. The summed E-state index contributed by atoms with van der Waals surface area (Å²) in [6.07, 6.45) is 17.4. The van der Waals surface area contributed by atoms with E-state index in [9.17, 15) is 0 Å². The molecule has 0 aromatic heterocycles. The molecule has 0 heterocycles. The number of fused-ring (bicyclic) bond motifs is 13. The Balaban J connectivity index is 0.00000226. The van der Waals surface area contributed by atoms with Crippen LogP contribution in [0.5, 0.6) is 0 Å². The van der Waals surface area contributed by atoms with Crippen molar-refractivity contribution in [3.8, 4) is 11.1 Å². The summed E-state index contributed by atoms with van der Waals surface area (Å²) in [4.78, 5) is 0. The molecule has 9 aromatic rings. The molecular formula is C62H60. The molecule has 0 nitrogen and oxygen atoms in total. The summed E-state index contributed by atoms with van der Waals surface area (Å²) >= 11 is 0. The molecule has 0 fully saturated rings. The van der Waals surface area contributed by atoms with Crippen molar-refractivity contribution in [2.75, 3.05) is 0 Å². The molecule has 0 N–H and O–H groups in total. The van der Waals surface area contributed by atoms with Crippen molar-refractivity contribution in [3.05, 3.63) is 192 Å².